The van der Waals surface area contributed by atoms with Crippen LogP contribution in [0.2, 0.25) is 0 Å². The van der Waals surface area contributed by atoms with E-state index in [4.69, 9.17) is 9.15 Å². The second-order valence-corrected chi connectivity index (χ2v) is 16.1. The Labute approximate surface area is 328 Å². The molecule has 2 N–H and O–H groups in total. The van der Waals surface area contributed by atoms with Gasteiger partial charge in [0.25, 0.3) is 0 Å². The van der Waals surface area contributed by atoms with Crippen LogP contribution in [-0.4, -0.2) is 45.2 Å². The van der Waals surface area contributed by atoms with E-state index in [0.29, 0.717) is 49.8 Å². The van der Waals surface area contributed by atoms with E-state index in [1.807, 2.05) is 84.9 Å². The molecule has 1 saturated carbocycles. The minimum absolute atomic E-state index is 0.0318. The molecule has 0 saturated heterocycles. The van der Waals surface area contributed by atoms with Gasteiger partial charge < -0.3 is 24.3 Å². The monoisotopic (exact) mass is 747 g/mol. The number of hydrogen-bond acceptors (Lipinski definition) is 6. The summed E-state index contributed by atoms with van der Waals surface area (Å²) in [5, 5.41) is 28.3. The quantitative estimate of drug-likeness (QED) is 0.125. The molecular weight excluding hydrogens is 699 g/mol. The number of carbonyl (C=O) groups excluding carboxylic acids is 2. The summed E-state index contributed by atoms with van der Waals surface area (Å²) in [6.45, 7) is 4.49. The van der Waals surface area contributed by atoms with E-state index in [1.165, 1.54) is 11.8 Å². The molecule has 1 fully saturated rings. The molecule has 286 valence electrons. The summed E-state index contributed by atoms with van der Waals surface area (Å²) in [5.74, 6) is 0.242. The number of furan rings is 1. The minimum Gasteiger partial charge on any atom is -0.461 e. The van der Waals surface area contributed by atoms with Crippen LogP contribution in [0.1, 0.15) is 91.1 Å². The summed E-state index contributed by atoms with van der Waals surface area (Å²) in [4.78, 5) is 30.3. The van der Waals surface area contributed by atoms with Gasteiger partial charge in [0.2, 0.25) is 5.78 Å². The molecule has 0 radical (unpaired) electrons. The van der Waals surface area contributed by atoms with Gasteiger partial charge in [0.05, 0.1) is 24.5 Å². The lowest BCUT2D eigenvalue weighted by atomic mass is 9.64. The van der Waals surface area contributed by atoms with E-state index in [1.54, 1.807) is 17.0 Å². The average Bonchev–Trinajstić information content (AvgIpc) is 3.83. The van der Waals surface area contributed by atoms with Crippen molar-refractivity contribution in [3.8, 4) is 5.75 Å². The molecule has 7 heteroatoms. The maximum Gasteiger partial charge on any atom is 0.415 e. The smallest absolute Gasteiger partial charge is 0.415 e. The van der Waals surface area contributed by atoms with Gasteiger partial charge >= 0.3 is 6.09 Å². The Balaban J connectivity index is 1.20. The standard InChI is InChI=1S/C49H49NO6/c1-33-10-8-25-48(2)44(42-23-19-34(28-39(51)21-18-33)29-43(42)46(52)45-17-9-27-55-45)24-26-49(48,54)32-50(31-38-15-7-14-36-12-5-6-16-41(36)38)47(53)56-40-22-20-35-11-3-4-13-37(35)30-40/h3-7,9-17,19-20,22-23,27,29-30,39,44,51,54H,8,18,21,24-26,28,31-32H2,1-2H3/t39-,44-,48-,49+/m0/s1. The van der Waals surface area contributed by atoms with Crippen molar-refractivity contribution in [2.24, 2.45) is 5.41 Å². The summed E-state index contributed by atoms with van der Waals surface area (Å²) in [7, 11) is 0. The normalized spacial score (nSPS) is 22.7. The van der Waals surface area contributed by atoms with Gasteiger partial charge in [0.15, 0.2) is 5.76 Å². The molecule has 4 atom stereocenters. The van der Waals surface area contributed by atoms with E-state index in [-0.39, 0.29) is 30.6 Å². The van der Waals surface area contributed by atoms with E-state index in [0.717, 1.165) is 44.7 Å². The van der Waals surface area contributed by atoms with Gasteiger partial charge in [-0.2, -0.15) is 0 Å². The van der Waals surface area contributed by atoms with Crippen molar-refractivity contribution in [1.82, 2.24) is 4.90 Å². The van der Waals surface area contributed by atoms with Crippen LogP contribution < -0.4 is 4.74 Å². The number of hydrogen-bond donors (Lipinski definition) is 2. The molecule has 1 aromatic heterocycles. The Morgan fingerprint density at radius 3 is 2.46 bits per heavy atom. The Morgan fingerprint density at radius 1 is 0.857 bits per heavy atom. The van der Waals surface area contributed by atoms with Gasteiger partial charge in [0.1, 0.15) is 5.75 Å². The molecule has 1 heterocycles. The van der Waals surface area contributed by atoms with Gasteiger partial charge in [-0.1, -0.05) is 104 Å². The predicted octanol–water partition coefficient (Wildman–Crippen LogP) is 10.6. The number of nitrogens with zero attached hydrogens (tertiary/aromatic N) is 1. The summed E-state index contributed by atoms with van der Waals surface area (Å²) in [5.41, 5.74) is 2.30. The van der Waals surface area contributed by atoms with Gasteiger partial charge in [-0.05, 0) is 126 Å². The van der Waals surface area contributed by atoms with Crippen LogP contribution >= 0.6 is 0 Å². The van der Waals surface area contributed by atoms with Crippen LogP contribution in [0, 0.1) is 5.41 Å². The lowest BCUT2D eigenvalue weighted by Crippen LogP contribution is -2.54. The van der Waals surface area contributed by atoms with Gasteiger partial charge in [-0.15, -0.1) is 0 Å². The molecular formula is C49H49NO6. The molecule has 0 aliphatic heterocycles. The number of ketones is 1. The lowest BCUT2D eigenvalue weighted by Gasteiger charge is -2.46. The fraction of sp³-hybridized carbons (Fsp3) is 0.306. The maximum absolute atomic E-state index is 14.5. The van der Waals surface area contributed by atoms with Gasteiger partial charge in [0, 0.05) is 17.5 Å². The Bertz CT molecular complexity index is 2410. The van der Waals surface area contributed by atoms with Crippen molar-refractivity contribution in [2.75, 3.05) is 6.54 Å². The van der Waals surface area contributed by atoms with Crippen LogP contribution in [0.3, 0.4) is 0 Å². The summed E-state index contributed by atoms with van der Waals surface area (Å²) >= 11 is 0. The van der Waals surface area contributed by atoms with Crippen molar-refractivity contribution in [3.05, 3.63) is 161 Å². The van der Waals surface area contributed by atoms with Crippen LogP contribution in [0.5, 0.6) is 5.75 Å². The summed E-state index contributed by atoms with van der Waals surface area (Å²) in [6, 6.07) is 37.1. The van der Waals surface area contributed by atoms with Crippen LogP contribution in [0.15, 0.2) is 138 Å². The molecule has 7 nitrogen and oxygen atoms in total. The highest BCUT2D eigenvalue weighted by Crippen LogP contribution is 2.59. The molecule has 3 aliphatic carbocycles. The third kappa shape index (κ3) is 7.41. The predicted molar refractivity (Wildman–Crippen MR) is 220 cm³/mol. The highest BCUT2D eigenvalue weighted by Gasteiger charge is 2.58. The van der Waals surface area contributed by atoms with Crippen molar-refractivity contribution in [3.63, 3.8) is 0 Å². The number of benzene rings is 5. The first-order valence-electron chi connectivity index (χ1n) is 19.8. The van der Waals surface area contributed by atoms with Crippen molar-refractivity contribution in [1.29, 1.82) is 0 Å². The zero-order chi connectivity index (χ0) is 38.9. The van der Waals surface area contributed by atoms with E-state index < -0.39 is 23.2 Å². The zero-order valence-electron chi connectivity index (χ0n) is 32.1. The van der Waals surface area contributed by atoms with E-state index in [9.17, 15) is 19.8 Å². The summed E-state index contributed by atoms with van der Waals surface area (Å²) < 4.78 is 11.8. The largest absolute Gasteiger partial charge is 0.461 e. The van der Waals surface area contributed by atoms with E-state index in [2.05, 4.69) is 38.1 Å². The zero-order valence-corrected chi connectivity index (χ0v) is 32.1. The number of allylic oxidation sites excluding steroid dienone is 2. The third-order valence-corrected chi connectivity index (χ3v) is 12.5. The maximum atomic E-state index is 14.5. The van der Waals surface area contributed by atoms with Gasteiger partial charge in [-0.3, -0.25) is 4.79 Å². The minimum atomic E-state index is -1.34. The molecule has 2 bridgehead atoms. The number of rotatable bonds is 7. The molecule has 0 unspecified atom stereocenters. The topological polar surface area (TPSA) is 100 Å². The molecule has 56 heavy (non-hydrogen) atoms. The first-order chi connectivity index (χ1) is 27.1. The second kappa shape index (κ2) is 15.6. The highest BCUT2D eigenvalue weighted by molar-refractivity contribution is 6.08. The fourth-order valence-electron chi connectivity index (χ4n) is 9.27. The van der Waals surface area contributed by atoms with Crippen LogP contribution in [-0.2, 0) is 13.0 Å². The van der Waals surface area contributed by atoms with Crippen LogP contribution in [0.4, 0.5) is 4.79 Å². The fourth-order valence-corrected chi connectivity index (χ4v) is 9.27. The number of aliphatic hydroxyl groups excluding tert-OH is 1. The van der Waals surface area contributed by atoms with Crippen molar-refractivity contribution in [2.45, 2.75) is 83.0 Å². The lowest BCUT2D eigenvalue weighted by molar-refractivity contribution is -0.0801. The first-order valence-corrected chi connectivity index (χ1v) is 19.8. The van der Waals surface area contributed by atoms with Gasteiger partial charge in [-0.25, -0.2) is 4.79 Å². The number of fused-ring (bicyclic) bond motifs is 10. The van der Waals surface area contributed by atoms with Crippen molar-refractivity contribution >= 4 is 33.4 Å². The Kier molecular flexibility index (Phi) is 10.4. The number of aliphatic hydroxyl groups is 2. The number of carbonyl (C=O) groups is 2. The van der Waals surface area contributed by atoms with E-state index >= 15 is 0 Å². The molecule has 5 aromatic carbocycles. The average molecular weight is 748 g/mol. The second-order valence-electron chi connectivity index (χ2n) is 16.1. The molecule has 1 amide bonds. The first kappa shape index (κ1) is 37.4. The third-order valence-electron chi connectivity index (χ3n) is 12.5. The number of ether oxygens (including phenoxy) is 1. The van der Waals surface area contributed by atoms with Crippen molar-refractivity contribution < 1.29 is 29.0 Å². The molecule has 6 aromatic rings. The number of amides is 1. The Morgan fingerprint density at radius 2 is 1.64 bits per heavy atom. The highest BCUT2D eigenvalue weighted by atomic mass is 16.6. The molecule has 3 aliphatic rings. The summed E-state index contributed by atoms with van der Waals surface area (Å²) in [6.07, 6.45) is 6.77. The molecule has 0 spiro atoms. The van der Waals surface area contributed by atoms with Crippen LogP contribution in [0.25, 0.3) is 21.5 Å². The Hall–Kier alpha value is -5.50. The SMILES string of the molecule is CC1=CCC[C@@]2(C)[C@@H](CC[C@@]2(O)CN(Cc2cccc3ccccc23)C(=O)Oc2ccc3ccccc3c2)c2ccc(cc2C(=O)c2ccco2)C[C@@H](O)CC1. The molecule has 9 rings (SSSR count).